The van der Waals surface area contributed by atoms with Gasteiger partial charge < -0.3 is 10.3 Å². The summed E-state index contributed by atoms with van der Waals surface area (Å²) in [6.45, 7) is 6.65. The summed E-state index contributed by atoms with van der Waals surface area (Å²) >= 11 is 0. The van der Waals surface area contributed by atoms with Crippen LogP contribution in [0.3, 0.4) is 0 Å². The highest BCUT2D eigenvalue weighted by molar-refractivity contribution is 7.89. The molecule has 3 rings (SSSR count). The van der Waals surface area contributed by atoms with Gasteiger partial charge in [0.25, 0.3) is 5.91 Å². The van der Waals surface area contributed by atoms with Crippen LogP contribution < -0.4 is 5.32 Å². The second-order valence-corrected chi connectivity index (χ2v) is 8.87. The van der Waals surface area contributed by atoms with E-state index in [1.807, 2.05) is 31.3 Å². The van der Waals surface area contributed by atoms with E-state index in [9.17, 15) is 13.2 Å². The molecule has 0 radical (unpaired) electrons. The zero-order valence-corrected chi connectivity index (χ0v) is 17.8. The number of hydrogen-bond acceptors (Lipinski definition) is 3. The molecule has 0 atom stereocenters. The molecule has 1 amide bonds. The molecule has 0 aliphatic rings. The van der Waals surface area contributed by atoms with Crippen LogP contribution in [0.25, 0.3) is 10.9 Å². The van der Waals surface area contributed by atoms with Crippen molar-refractivity contribution in [1.82, 2.24) is 14.6 Å². The molecule has 7 heteroatoms. The summed E-state index contributed by atoms with van der Waals surface area (Å²) in [4.78, 5) is 16.1. The average Bonchev–Trinajstić information content (AvgIpc) is 3.12. The molecule has 0 aliphatic carbocycles. The third-order valence-corrected chi connectivity index (χ3v) is 7.20. The Hall–Kier alpha value is -2.64. The second-order valence-electron chi connectivity index (χ2n) is 6.93. The van der Waals surface area contributed by atoms with Gasteiger partial charge in [-0.15, -0.1) is 0 Å². The van der Waals surface area contributed by atoms with Crippen LogP contribution in [0.5, 0.6) is 0 Å². The molecular weight excluding hydrogens is 386 g/mol. The highest BCUT2D eigenvalue weighted by Crippen LogP contribution is 2.20. The Morgan fingerprint density at radius 3 is 2.55 bits per heavy atom. The molecule has 0 saturated carbocycles. The number of hydrogen-bond donors (Lipinski definition) is 2. The van der Waals surface area contributed by atoms with Gasteiger partial charge >= 0.3 is 0 Å². The number of fused-ring (bicyclic) bond motifs is 1. The van der Waals surface area contributed by atoms with Crippen LogP contribution in [0.15, 0.2) is 53.6 Å². The van der Waals surface area contributed by atoms with Crippen molar-refractivity contribution in [3.63, 3.8) is 0 Å². The fraction of sp³-hybridized carbons (Fsp3) is 0.318. The van der Waals surface area contributed by atoms with Crippen molar-refractivity contribution in [2.45, 2.75) is 32.1 Å². The Labute approximate surface area is 172 Å². The summed E-state index contributed by atoms with van der Waals surface area (Å²) in [7, 11) is -3.61. The van der Waals surface area contributed by atoms with Crippen molar-refractivity contribution in [2.75, 3.05) is 19.6 Å². The molecule has 2 N–H and O–H groups in total. The van der Waals surface area contributed by atoms with Gasteiger partial charge in [-0.2, -0.15) is 4.31 Å². The lowest BCUT2D eigenvalue weighted by Crippen LogP contribution is -2.31. The van der Waals surface area contributed by atoms with Gasteiger partial charge in [-0.1, -0.05) is 38.1 Å². The van der Waals surface area contributed by atoms with Gasteiger partial charge in [0.1, 0.15) is 0 Å². The first-order chi connectivity index (χ1) is 13.9. The predicted octanol–water partition coefficient (Wildman–Crippen LogP) is 3.48. The van der Waals surface area contributed by atoms with Crippen LogP contribution in [0, 0.1) is 6.92 Å². The predicted molar refractivity (Wildman–Crippen MR) is 116 cm³/mol. The van der Waals surface area contributed by atoms with E-state index in [1.165, 1.54) is 10.4 Å². The monoisotopic (exact) mass is 413 g/mol. The number of nitrogens with zero attached hydrogens (tertiary/aromatic N) is 1. The van der Waals surface area contributed by atoms with Crippen LogP contribution in [0.4, 0.5) is 0 Å². The number of carbonyl (C=O) groups excluding carboxylic acids is 1. The van der Waals surface area contributed by atoms with Gasteiger partial charge in [-0.05, 0) is 42.7 Å². The minimum atomic E-state index is -3.61. The fourth-order valence-corrected chi connectivity index (χ4v) is 4.95. The van der Waals surface area contributed by atoms with E-state index in [0.29, 0.717) is 31.6 Å². The summed E-state index contributed by atoms with van der Waals surface area (Å²) in [6, 6.07) is 12.8. The van der Waals surface area contributed by atoms with Crippen molar-refractivity contribution in [3.05, 3.63) is 65.4 Å². The molecule has 0 saturated heterocycles. The third-order valence-electron chi connectivity index (χ3n) is 5.15. The number of sulfonamides is 1. The number of rotatable bonds is 8. The number of H-pyrrole nitrogens is 1. The molecule has 0 bridgehead atoms. The van der Waals surface area contributed by atoms with Gasteiger partial charge in [0.15, 0.2) is 0 Å². The molecule has 154 valence electrons. The Morgan fingerprint density at radius 2 is 1.83 bits per heavy atom. The normalized spacial score (nSPS) is 11.9. The molecule has 1 heterocycles. The first-order valence-electron chi connectivity index (χ1n) is 9.82. The number of carbonyl (C=O) groups is 1. The zero-order chi connectivity index (χ0) is 21.0. The standard InChI is InChI=1S/C22H27N3O3S/c1-4-25(5-2)29(27,28)18-11-10-16(3)20(14-18)22(26)23-13-12-17-15-24-21-9-7-6-8-19(17)21/h6-11,14-15,24H,4-5,12-13H2,1-3H3,(H,23,26). The smallest absolute Gasteiger partial charge is 0.251 e. The maximum absolute atomic E-state index is 12.8. The lowest BCUT2D eigenvalue weighted by Gasteiger charge is -2.19. The van der Waals surface area contributed by atoms with Crippen LogP contribution in [-0.4, -0.2) is 43.2 Å². The molecule has 0 aliphatic heterocycles. The van der Waals surface area contributed by atoms with Gasteiger partial charge in [0.05, 0.1) is 4.90 Å². The van der Waals surface area contributed by atoms with Gasteiger partial charge in [-0.25, -0.2) is 8.42 Å². The minimum absolute atomic E-state index is 0.147. The molecule has 3 aromatic rings. The second kappa shape index (κ2) is 8.80. The number of amides is 1. The number of aryl methyl sites for hydroxylation is 1. The van der Waals surface area contributed by atoms with Crippen LogP contribution in [0.2, 0.25) is 0 Å². The van der Waals surface area contributed by atoms with Gasteiger partial charge in [0.2, 0.25) is 10.0 Å². The largest absolute Gasteiger partial charge is 0.361 e. The van der Waals surface area contributed by atoms with E-state index in [-0.39, 0.29) is 10.8 Å². The summed E-state index contributed by atoms with van der Waals surface area (Å²) in [6.07, 6.45) is 2.64. The zero-order valence-electron chi connectivity index (χ0n) is 17.0. The minimum Gasteiger partial charge on any atom is -0.361 e. The number of aromatic amines is 1. The lowest BCUT2D eigenvalue weighted by molar-refractivity contribution is 0.0953. The summed E-state index contributed by atoms with van der Waals surface area (Å²) in [5.74, 6) is -0.265. The Kier molecular flexibility index (Phi) is 6.39. The number of benzene rings is 2. The summed E-state index contributed by atoms with van der Waals surface area (Å²) < 4.78 is 26.9. The molecule has 2 aromatic carbocycles. The van der Waals surface area contributed by atoms with Crippen LogP contribution >= 0.6 is 0 Å². The van der Waals surface area contributed by atoms with E-state index in [1.54, 1.807) is 26.0 Å². The first-order valence-corrected chi connectivity index (χ1v) is 11.3. The molecule has 1 aromatic heterocycles. The van der Waals surface area contributed by atoms with E-state index in [0.717, 1.165) is 22.0 Å². The molecule has 0 unspecified atom stereocenters. The van der Waals surface area contributed by atoms with Crippen molar-refractivity contribution in [2.24, 2.45) is 0 Å². The van der Waals surface area contributed by atoms with Crippen molar-refractivity contribution >= 4 is 26.8 Å². The highest BCUT2D eigenvalue weighted by Gasteiger charge is 2.23. The third kappa shape index (κ3) is 4.36. The van der Waals surface area contributed by atoms with E-state index >= 15 is 0 Å². The van der Waals surface area contributed by atoms with Gasteiger partial charge in [0, 0.05) is 42.3 Å². The fourth-order valence-electron chi connectivity index (χ4n) is 3.46. The van der Waals surface area contributed by atoms with Crippen molar-refractivity contribution in [3.8, 4) is 0 Å². The number of para-hydroxylation sites is 1. The van der Waals surface area contributed by atoms with Crippen LogP contribution in [-0.2, 0) is 16.4 Å². The molecule has 6 nitrogen and oxygen atoms in total. The van der Waals surface area contributed by atoms with Crippen molar-refractivity contribution in [1.29, 1.82) is 0 Å². The number of aromatic nitrogens is 1. The quantitative estimate of drug-likeness (QED) is 0.593. The topological polar surface area (TPSA) is 82.3 Å². The van der Waals surface area contributed by atoms with E-state index in [4.69, 9.17) is 0 Å². The molecule has 0 spiro atoms. The van der Waals surface area contributed by atoms with Crippen molar-refractivity contribution < 1.29 is 13.2 Å². The lowest BCUT2D eigenvalue weighted by atomic mass is 10.1. The Bertz CT molecular complexity index is 1120. The summed E-state index contributed by atoms with van der Waals surface area (Å²) in [5, 5.41) is 4.06. The van der Waals surface area contributed by atoms with Crippen LogP contribution in [0.1, 0.15) is 35.3 Å². The van der Waals surface area contributed by atoms with E-state index < -0.39 is 10.0 Å². The highest BCUT2D eigenvalue weighted by atomic mass is 32.2. The molecule has 29 heavy (non-hydrogen) atoms. The summed E-state index contributed by atoms with van der Waals surface area (Å²) in [5.41, 5.74) is 3.33. The van der Waals surface area contributed by atoms with Gasteiger partial charge in [-0.3, -0.25) is 4.79 Å². The Balaban J connectivity index is 1.73. The maximum Gasteiger partial charge on any atom is 0.251 e. The van der Waals surface area contributed by atoms with E-state index in [2.05, 4.69) is 16.4 Å². The average molecular weight is 414 g/mol. The Morgan fingerprint density at radius 1 is 1.10 bits per heavy atom. The first kappa shape index (κ1) is 21.1. The molecule has 0 fully saturated rings. The molecular formula is C22H27N3O3S. The SMILES string of the molecule is CCN(CC)S(=O)(=O)c1ccc(C)c(C(=O)NCCc2c[nH]c3ccccc23)c1. The number of nitrogens with one attached hydrogen (secondary N) is 2. The maximum atomic E-state index is 12.8.